The van der Waals surface area contributed by atoms with Crippen LogP contribution in [0.5, 0.6) is 0 Å². The van der Waals surface area contributed by atoms with Gasteiger partial charge in [-0.2, -0.15) is 0 Å². The summed E-state index contributed by atoms with van der Waals surface area (Å²) in [6.45, 7) is 7.12. The number of amides is 1. The van der Waals surface area contributed by atoms with Gasteiger partial charge in [0.15, 0.2) is 0 Å². The van der Waals surface area contributed by atoms with Crippen molar-refractivity contribution in [1.29, 1.82) is 0 Å². The van der Waals surface area contributed by atoms with E-state index in [2.05, 4.69) is 21.9 Å². The zero-order valence-electron chi connectivity index (χ0n) is 21.3. The van der Waals surface area contributed by atoms with Crippen molar-refractivity contribution in [2.24, 2.45) is 5.92 Å². The summed E-state index contributed by atoms with van der Waals surface area (Å²) >= 11 is 0. The zero-order chi connectivity index (χ0) is 29.9. The minimum Gasteiger partial charge on any atom is -0.379 e. The Morgan fingerprint density at radius 2 is 1.43 bits per heavy atom. The SMILES string of the molecule is O=C(CN1CCOCC1)N1CCN(c2ccccc2)CC1OCC1COOC1.O=[N+]([O-])O.O=[N+]([O-])O.O=[N+]([O-])O. The number of hydrogen-bond acceptors (Lipinski definition) is 13. The van der Waals surface area contributed by atoms with Crippen LogP contribution < -0.4 is 4.90 Å². The van der Waals surface area contributed by atoms with Gasteiger partial charge in [0, 0.05) is 37.8 Å². The molecular formula is C20H32N6O14. The van der Waals surface area contributed by atoms with Crippen LogP contribution in [0.1, 0.15) is 0 Å². The van der Waals surface area contributed by atoms with Gasteiger partial charge in [0.25, 0.3) is 15.3 Å². The molecule has 4 rings (SSSR count). The number of carbonyl (C=O) groups excluding carboxylic acids is 1. The first-order valence-electron chi connectivity index (χ1n) is 11.7. The Balaban J connectivity index is 0.000000567. The summed E-state index contributed by atoms with van der Waals surface area (Å²) in [6.07, 6.45) is -0.275. The Bertz CT molecular complexity index is 860. The Kier molecular flexibility index (Phi) is 16.1. The van der Waals surface area contributed by atoms with Gasteiger partial charge < -0.3 is 34.9 Å². The van der Waals surface area contributed by atoms with Gasteiger partial charge in [-0.15, -0.1) is 30.3 Å². The standard InChI is InChI=1S/C20H29N3O5.3HNO3/c24-19(12-21-8-10-25-11-9-21)23-7-6-22(18-4-2-1-3-5-18)13-20(23)26-14-17-15-27-28-16-17;3*2-1(3)4/h1-5,17,20H,6-16H2;3*(H,2,3,4). The van der Waals surface area contributed by atoms with Crippen molar-refractivity contribution >= 4 is 11.6 Å². The van der Waals surface area contributed by atoms with Crippen LogP contribution >= 0.6 is 0 Å². The van der Waals surface area contributed by atoms with Gasteiger partial charge in [0.2, 0.25) is 5.91 Å². The average molecular weight is 581 g/mol. The Morgan fingerprint density at radius 3 is 1.95 bits per heavy atom. The lowest BCUT2D eigenvalue weighted by Gasteiger charge is -2.43. The predicted molar refractivity (Wildman–Crippen MR) is 129 cm³/mol. The molecule has 1 unspecified atom stereocenters. The van der Waals surface area contributed by atoms with Crippen LogP contribution in [0.2, 0.25) is 0 Å². The van der Waals surface area contributed by atoms with E-state index in [1.165, 1.54) is 0 Å². The van der Waals surface area contributed by atoms with E-state index in [0.29, 0.717) is 52.7 Å². The molecule has 3 fully saturated rings. The molecule has 0 radical (unpaired) electrons. The monoisotopic (exact) mass is 580 g/mol. The van der Waals surface area contributed by atoms with E-state index >= 15 is 0 Å². The van der Waals surface area contributed by atoms with E-state index in [4.69, 9.17) is 65.2 Å². The maximum absolute atomic E-state index is 13.0. The molecule has 20 heteroatoms. The molecule has 226 valence electrons. The van der Waals surface area contributed by atoms with Crippen molar-refractivity contribution in [3.63, 3.8) is 0 Å². The predicted octanol–water partition coefficient (Wildman–Crippen LogP) is -0.455. The minimum absolute atomic E-state index is 0.124. The van der Waals surface area contributed by atoms with Gasteiger partial charge >= 0.3 is 0 Å². The molecule has 1 aromatic rings. The van der Waals surface area contributed by atoms with Crippen LogP contribution in [0, 0.1) is 36.3 Å². The van der Waals surface area contributed by atoms with Crippen LogP contribution in [0.15, 0.2) is 30.3 Å². The molecule has 3 aliphatic heterocycles. The van der Waals surface area contributed by atoms with Crippen molar-refractivity contribution in [3.8, 4) is 0 Å². The minimum atomic E-state index is -1.50. The molecule has 1 amide bonds. The maximum atomic E-state index is 13.0. The summed E-state index contributed by atoms with van der Waals surface area (Å²) in [6, 6.07) is 10.3. The van der Waals surface area contributed by atoms with E-state index in [-0.39, 0.29) is 18.1 Å². The lowest BCUT2D eigenvalue weighted by Crippen LogP contribution is -2.58. The summed E-state index contributed by atoms with van der Waals surface area (Å²) in [7, 11) is 0. The highest BCUT2D eigenvalue weighted by Crippen LogP contribution is 2.21. The number of benzene rings is 1. The summed E-state index contributed by atoms with van der Waals surface area (Å²) in [5.74, 6) is 0.335. The number of hydrogen-bond donors (Lipinski definition) is 3. The Morgan fingerprint density at radius 1 is 0.900 bits per heavy atom. The van der Waals surface area contributed by atoms with Gasteiger partial charge in [-0.3, -0.25) is 9.69 Å². The lowest BCUT2D eigenvalue weighted by molar-refractivity contribution is -0.742. The highest BCUT2D eigenvalue weighted by Gasteiger charge is 2.33. The summed E-state index contributed by atoms with van der Waals surface area (Å²) in [5.41, 5.74) is 1.16. The first-order valence-corrected chi connectivity index (χ1v) is 11.7. The number of piperazine rings is 1. The van der Waals surface area contributed by atoms with E-state index in [1.807, 2.05) is 23.1 Å². The van der Waals surface area contributed by atoms with Crippen LogP contribution in [-0.4, -0.2) is 125 Å². The van der Waals surface area contributed by atoms with Gasteiger partial charge in [-0.05, 0) is 12.1 Å². The number of para-hydroxylation sites is 1. The first-order chi connectivity index (χ1) is 19.0. The summed E-state index contributed by atoms with van der Waals surface area (Å²) in [5, 5.41) is 40.9. The number of anilines is 1. The van der Waals surface area contributed by atoms with Crippen molar-refractivity contribution < 1.29 is 54.9 Å². The van der Waals surface area contributed by atoms with E-state index in [0.717, 1.165) is 25.3 Å². The molecule has 0 bridgehead atoms. The fraction of sp³-hybridized carbons (Fsp3) is 0.650. The topological polar surface area (TPSA) is 254 Å². The third kappa shape index (κ3) is 15.3. The number of carbonyl (C=O) groups is 1. The third-order valence-corrected chi connectivity index (χ3v) is 5.45. The first kappa shape index (κ1) is 33.9. The highest BCUT2D eigenvalue weighted by atomic mass is 17.2. The molecule has 0 aliphatic carbocycles. The van der Waals surface area contributed by atoms with E-state index in [1.54, 1.807) is 0 Å². The molecular weight excluding hydrogens is 548 g/mol. The zero-order valence-corrected chi connectivity index (χ0v) is 21.3. The molecule has 0 saturated carbocycles. The third-order valence-electron chi connectivity index (χ3n) is 5.45. The van der Waals surface area contributed by atoms with Crippen LogP contribution in [0.25, 0.3) is 0 Å². The Hall–Kier alpha value is -4.11. The van der Waals surface area contributed by atoms with Gasteiger partial charge in [0.05, 0.1) is 46.1 Å². The molecule has 1 atom stereocenters. The van der Waals surface area contributed by atoms with Crippen LogP contribution in [0.3, 0.4) is 0 Å². The molecule has 3 heterocycles. The molecule has 1 aromatic carbocycles. The molecule has 0 spiro atoms. The fourth-order valence-corrected chi connectivity index (χ4v) is 3.77. The number of nitrogens with zero attached hydrogens (tertiary/aromatic N) is 6. The average Bonchev–Trinajstić information content (AvgIpc) is 3.41. The molecule has 20 nitrogen and oxygen atoms in total. The van der Waals surface area contributed by atoms with Gasteiger partial charge in [-0.25, -0.2) is 9.78 Å². The van der Waals surface area contributed by atoms with Crippen LogP contribution in [0.4, 0.5) is 5.69 Å². The van der Waals surface area contributed by atoms with Crippen molar-refractivity contribution in [1.82, 2.24) is 9.80 Å². The van der Waals surface area contributed by atoms with Crippen molar-refractivity contribution in [2.45, 2.75) is 6.23 Å². The second-order valence-electron chi connectivity index (χ2n) is 8.19. The summed E-state index contributed by atoms with van der Waals surface area (Å²) in [4.78, 5) is 54.4. The molecule has 3 aliphatic rings. The summed E-state index contributed by atoms with van der Waals surface area (Å²) < 4.78 is 11.6. The normalized spacial score (nSPS) is 19.1. The van der Waals surface area contributed by atoms with Crippen molar-refractivity contribution in [2.75, 3.05) is 77.2 Å². The Labute approximate surface area is 227 Å². The van der Waals surface area contributed by atoms with Crippen molar-refractivity contribution in [3.05, 3.63) is 60.7 Å². The number of morpholine rings is 1. The smallest absolute Gasteiger partial charge is 0.291 e. The van der Waals surface area contributed by atoms with Gasteiger partial charge in [0.1, 0.15) is 6.23 Å². The number of rotatable bonds is 6. The fourth-order valence-electron chi connectivity index (χ4n) is 3.77. The second kappa shape index (κ2) is 19.0. The van der Waals surface area contributed by atoms with E-state index in [9.17, 15) is 4.79 Å². The molecule has 0 aromatic heterocycles. The van der Waals surface area contributed by atoms with E-state index < -0.39 is 15.3 Å². The largest absolute Gasteiger partial charge is 0.379 e. The quantitative estimate of drug-likeness (QED) is 0.219. The van der Waals surface area contributed by atoms with Gasteiger partial charge in [-0.1, -0.05) is 18.2 Å². The maximum Gasteiger partial charge on any atom is 0.291 e. The molecule has 40 heavy (non-hydrogen) atoms. The second-order valence-corrected chi connectivity index (χ2v) is 8.19. The highest BCUT2D eigenvalue weighted by molar-refractivity contribution is 5.79. The number of ether oxygens (including phenoxy) is 2. The molecule has 3 saturated heterocycles. The molecule has 3 N–H and O–H groups in total. The van der Waals surface area contributed by atoms with Crippen LogP contribution in [-0.2, 0) is 24.0 Å². The lowest BCUT2D eigenvalue weighted by atomic mass is 10.2.